The van der Waals surface area contributed by atoms with Gasteiger partial charge < -0.3 is 0 Å². The molecule has 0 saturated carbocycles. The molecule has 10 rings (SSSR count). The van der Waals surface area contributed by atoms with Crippen LogP contribution in [0.15, 0.2) is 164 Å². The van der Waals surface area contributed by atoms with Crippen molar-refractivity contribution in [3.63, 3.8) is 0 Å². The zero-order valence-corrected chi connectivity index (χ0v) is 29.1. The minimum absolute atomic E-state index is 0.620. The second-order valence-corrected chi connectivity index (χ2v) is 13.3. The first-order chi connectivity index (χ1) is 26.2. The van der Waals surface area contributed by atoms with Gasteiger partial charge in [-0.05, 0) is 83.4 Å². The van der Waals surface area contributed by atoms with Gasteiger partial charge >= 0.3 is 0 Å². The summed E-state index contributed by atoms with van der Waals surface area (Å²) in [4.78, 5) is 15.2. The molecule has 0 bridgehead atoms. The molecule has 5 heteroatoms. The molecular formula is C48H33N5. The summed E-state index contributed by atoms with van der Waals surface area (Å²) in [5, 5.41) is 7.10. The Morgan fingerprint density at radius 3 is 2.00 bits per heavy atom. The monoisotopic (exact) mass is 679 g/mol. The van der Waals surface area contributed by atoms with Gasteiger partial charge in [0, 0.05) is 38.9 Å². The lowest BCUT2D eigenvalue weighted by Crippen LogP contribution is -2.06. The molecule has 0 atom stereocenters. The molecule has 53 heavy (non-hydrogen) atoms. The van der Waals surface area contributed by atoms with Gasteiger partial charge in [0.05, 0.1) is 33.5 Å². The molecule has 0 unspecified atom stereocenters. The van der Waals surface area contributed by atoms with Crippen molar-refractivity contribution in [2.24, 2.45) is 0 Å². The van der Waals surface area contributed by atoms with E-state index < -0.39 is 0 Å². The number of benzene rings is 6. The lowest BCUT2D eigenvalue weighted by Gasteiger charge is -2.14. The summed E-state index contributed by atoms with van der Waals surface area (Å²) >= 11 is 0. The molecule has 4 heterocycles. The van der Waals surface area contributed by atoms with Gasteiger partial charge in [-0.25, -0.2) is 15.0 Å². The average molecular weight is 680 g/mol. The molecule has 0 radical (unpaired) electrons. The summed E-state index contributed by atoms with van der Waals surface area (Å²) in [6.07, 6.45) is 7.77. The predicted molar refractivity (Wildman–Crippen MR) is 222 cm³/mol. The van der Waals surface area contributed by atoms with Gasteiger partial charge in [-0.2, -0.15) is 0 Å². The Balaban J connectivity index is 1.24. The molecule has 0 aliphatic carbocycles. The summed E-state index contributed by atoms with van der Waals surface area (Å²) in [6.45, 7) is 6.16. The van der Waals surface area contributed by atoms with E-state index in [2.05, 4.69) is 131 Å². The lowest BCUT2D eigenvalue weighted by molar-refractivity contribution is 0.983. The standard InChI is InChI=1S/C48H33N5/c1-3-14-40-35(4-2)47(32-16-6-5-7-17-32)51-48(50-40)53-43-26-24-34(30-39(43)46-36-18-9-8-15-31(36)22-27-44(46)53)33-23-25-42-38(29-33)37-19-10-11-20-41(37)52(42)45-21-12-13-28-49-45/h3-30H,2H2,1H3/b14-3-. The van der Waals surface area contributed by atoms with E-state index in [1.54, 1.807) is 0 Å². The minimum Gasteiger partial charge on any atom is -0.294 e. The molecule has 10 aromatic rings. The Morgan fingerprint density at radius 1 is 0.547 bits per heavy atom. The van der Waals surface area contributed by atoms with Crippen LogP contribution in [-0.2, 0) is 0 Å². The number of para-hydroxylation sites is 1. The van der Waals surface area contributed by atoms with Gasteiger partial charge in [-0.1, -0.05) is 116 Å². The van der Waals surface area contributed by atoms with E-state index >= 15 is 0 Å². The van der Waals surface area contributed by atoms with Crippen molar-refractivity contribution >= 4 is 66.5 Å². The molecule has 5 nitrogen and oxygen atoms in total. The fraction of sp³-hybridized carbons (Fsp3) is 0.0208. The molecule has 0 N–H and O–H groups in total. The fourth-order valence-electron chi connectivity index (χ4n) is 7.95. The topological polar surface area (TPSA) is 48.5 Å². The highest BCUT2D eigenvalue weighted by molar-refractivity contribution is 6.22. The summed E-state index contributed by atoms with van der Waals surface area (Å²) in [5.41, 5.74) is 10.3. The normalized spacial score (nSPS) is 11.9. The molecular weight excluding hydrogens is 647 g/mol. The maximum Gasteiger partial charge on any atom is 0.235 e. The lowest BCUT2D eigenvalue weighted by atomic mass is 9.99. The smallest absolute Gasteiger partial charge is 0.235 e. The minimum atomic E-state index is 0.620. The predicted octanol–water partition coefficient (Wildman–Crippen LogP) is 12.2. The van der Waals surface area contributed by atoms with Crippen LogP contribution in [0.4, 0.5) is 0 Å². The van der Waals surface area contributed by atoms with Gasteiger partial charge in [0.25, 0.3) is 0 Å². The van der Waals surface area contributed by atoms with E-state index in [4.69, 9.17) is 15.0 Å². The van der Waals surface area contributed by atoms with Crippen LogP contribution in [0.2, 0.25) is 0 Å². The van der Waals surface area contributed by atoms with Crippen LogP contribution in [0.25, 0.3) is 101 Å². The number of allylic oxidation sites excluding steroid dienone is 1. The number of pyridine rings is 1. The fourth-order valence-corrected chi connectivity index (χ4v) is 7.95. The number of fused-ring (bicyclic) bond motifs is 8. The number of nitrogens with zero attached hydrogens (tertiary/aromatic N) is 5. The first-order valence-corrected chi connectivity index (χ1v) is 17.9. The van der Waals surface area contributed by atoms with Crippen molar-refractivity contribution in [3.05, 3.63) is 176 Å². The van der Waals surface area contributed by atoms with E-state index in [0.717, 1.165) is 66.9 Å². The first kappa shape index (κ1) is 30.7. The van der Waals surface area contributed by atoms with E-state index in [0.29, 0.717) is 5.95 Å². The third-order valence-corrected chi connectivity index (χ3v) is 10.3. The van der Waals surface area contributed by atoms with Crippen LogP contribution in [0.1, 0.15) is 18.2 Å². The highest BCUT2D eigenvalue weighted by Gasteiger charge is 2.21. The average Bonchev–Trinajstić information content (AvgIpc) is 3.74. The Bertz CT molecular complexity index is 3080. The Morgan fingerprint density at radius 2 is 1.23 bits per heavy atom. The maximum absolute atomic E-state index is 5.29. The summed E-state index contributed by atoms with van der Waals surface area (Å²) < 4.78 is 4.47. The van der Waals surface area contributed by atoms with Gasteiger partial charge in [0.15, 0.2) is 0 Å². The van der Waals surface area contributed by atoms with Gasteiger partial charge in [-0.3, -0.25) is 9.13 Å². The zero-order chi connectivity index (χ0) is 35.5. The van der Waals surface area contributed by atoms with Crippen molar-refractivity contribution in [1.82, 2.24) is 24.1 Å². The quantitative estimate of drug-likeness (QED) is 0.176. The van der Waals surface area contributed by atoms with Crippen LogP contribution in [-0.4, -0.2) is 24.1 Å². The molecule has 250 valence electrons. The van der Waals surface area contributed by atoms with E-state index in [1.807, 2.05) is 61.7 Å². The third-order valence-electron chi connectivity index (χ3n) is 10.3. The number of hydrogen-bond donors (Lipinski definition) is 0. The van der Waals surface area contributed by atoms with E-state index in [-0.39, 0.29) is 0 Å². The van der Waals surface area contributed by atoms with Crippen LogP contribution in [0.5, 0.6) is 0 Å². The molecule has 0 saturated heterocycles. The van der Waals surface area contributed by atoms with Crippen molar-refractivity contribution in [2.45, 2.75) is 6.92 Å². The molecule has 6 aromatic carbocycles. The summed E-state index contributed by atoms with van der Waals surface area (Å²) in [5.74, 6) is 1.53. The van der Waals surface area contributed by atoms with Crippen LogP contribution in [0, 0.1) is 0 Å². The van der Waals surface area contributed by atoms with Crippen molar-refractivity contribution < 1.29 is 0 Å². The highest BCUT2D eigenvalue weighted by Crippen LogP contribution is 2.40. The Hall–Kier alpha value is -7.11. The molecule has 0 aliphatic heterocycles. The number of rotatable bonds is 6. The molecule has 0 amide bonds. The second kappa shape index (κ2) is 12.3. The largest absolute Gasteiger partial charge is 0.294 e. The van der Waals surface area contributed by atoms with Crippen molar-refractivity contribution in [1.29, 1.82) is 0 Å². The number of aromatic nitrogens is 5. The number of hydrogen-bond acceptors (Lipinski definition) is 3. The third kappa shape index (κ3) is 4.82. The van der Waals surface area contributed by atoms with Gasteiger partial charge in [0.2, 0.25) is 5.95 Å². The Labute approximate surface area is 306 Å². The zero-order valence-electron chi connectivity index (χ0n) is 29.1. The van der Waals surface area contributed by atoms with E-state index in [1.165, 1.54) is 26.9 Å². The maximum atomic E-state index is 5.29. The first-order valence-electron chi connectivity index (χ1n) is 17.9. The summed E-state index contributed by atoms with van der Waals surface area (Å²) in [6, 6.07) is 51.5. The molecule has 0 fully saturated rings. The Kier molecular flexibility index (Phi) is 7.12. The van der Waals surface area contributed by atoms with E-state index in [9.17, 15) is 0 Å². The van der Waals surface area contributed by atoms with Crippen molar-refractivity contribution in [3.8, 4) is 34.2 Å². The van der Waals surface area contributed by atoms with Gasteiger partial charge in [0.1, 0.15) is 5.82 Å². The summed E-state index contributed by atoms with van der Waals surface area (Å²) in [7, 11) is 0. The highest BCUT2D eigenvalue weighted by atomic mass is 15.2. The van der Waals surface area contributed by atoms with Crippen LogP contribution < -0.4 is 0 Å². The van der Waals surface area contributed by atoms with Crippen LogP contribution >= 0.6 is 0 Å². The molecule has 4 aromatic heterocycles. The SMILES string of the molecule is C=Cc1c(/C=C\C)nc(-n2c3ccc(-c4ccc5c(c4)c4ccccc4n5-c4ccccn4)cc3c3c4ccccc4ccc32)nc1-c1ccccc1. The molecule has 0 spiro atoms. The van der Waals surface area contributed by atoms with Crippen molar-refractivity contribution in [2.75, 3.05) is 0 Å². The molecule has 0 aliphatic rings. The van der Waals surface area contributed by atoms with Gasteiger partial charge in [-0.15, -0.1) is 0 Å². The van der Waals surface area contributed by atoms with Crippen LogP contribution in [0.3, 0.4) is 0 Å². The second-order valence-electron chi connectivity index (χ2n) is 13.3.